The highest BCUT2D eigenvalue weighted by molar-refractivity contribution is 5.95. The zero-order valence-electron chi connectivity index (χ0n) is 9.77. The lowest BCUT2D eigenvalue weighted by molar-refractivity contribution is -0.138. The summed E-state index contributed by atoms with van der Waals surface area (Å²) in [6, 6.07) is 4.49. The second-order valence-electron chi connectivity index (χ2n) is 3.78. The first-order valence-electron chi connectivity index (χ1n) is 5.25. The van der Waals surface area contributed by atoms with Gasteiger partial charge in [0.1, 0.15) is 0 Å². The molecule has 0 atom stereocenters. The normalized spacial score (nSPS) is 9.83. The standard InChI is InChI=1S/C12H13NO5/c1-7-2-3-8(6-9(7)12(17)18)13-10(14)4-5-11(15)16/h2-3,6H,4-5H2,1H3,(H,13,14)(H,15,16)(H,17,18). The minimum absolute atomic E-state index is 0.103. The third-order valence-corrected chi connectivity index (χ3v) is 2.32. The molecule has 0 heterocycles. The van der Waals surface area contributed by atoms with Gasteiger partial charge >= 0.3 is 11.9 Å². The van der Waals surface area contributed by atoms with E-state index in [1.54, 1.807) is 19.1 Å². The molecule has 0 aromatic heterocycles. The summed E-state index contributed by atoms with van der Waals surface area (Å²) in [6.07, 6.45) is -0.408. The number of hydrogen-bond acceptors (Lipinski definition) is 3. The molecule has 0 saturated carbocycles. The Labute approximate surface area is 103 Å². The van der Waals surface area contributed by atoms with Crippen molar-refractivity contribution in [2.75, 3.05) is 5.32 Å². The first kappa shape index (κ1) is 13.7. The van der Waals surface area contributed by atoms with Crippen LogP contribution in [-0.4, -0.2) is 28.1 Å². The van der Waals surface area contributed by atoms with E-state index in [-0.39, 0.29) is 18.4 Å². The maximum absolute atomic E-state index is 11.4. The van der Waals surface area contributed by atoms with E-state index in [0.717, 1.165) is 0 Å². The summed E-state index contributed by atoms with van der Waals surface area (Å²) in [6.45, 7) is 1.65. The van der Waals surface area contributed by atoms with Crippen LogP contribution in [0.2, 0.25) is 0 Å². The summed E-state index contributed by atoms with van der Waals surface area (Å²) in [5, 5.41) is 19.8. The highest BCUT2D eigenvalue weighted by Crippen LogP contribution is 2.15. The molecule has 1 aromatic carbocycles. The monoisotopic (exact) mass is 251 g/mol. The summed E-state index contributed by atoms with van der Waals surface area (Å²) in [5.74, 6) is -2.59. The van der Waals surface area contributed by atoms with Crippen LogP contribution in [0.1, 0.15) is 28.8 Å². The molecule has 1 aromatic rings. The van der Waals surface area contributed by atoms with Gasteiger partial charge in [0, 0.05) is 12.1 Å². The fourth-order valence-electron chi connectivity index (χ4n) is 1.37. The quantitative estimate of drug-likeness (QED) is 0.735. The maximum atomic E-state index is 11.4. The second kappa shape index (κ2) is 5.81. The molecule has 18 heavy (non-hydrogen) atoms. The lowest BCUT2D eigenvalue weighted by Gasteiger charge is -2.07. The summed E-state index contributed by atoms with van der Waals surface area (Å²) >= 11 is 0. The molecule has 0 spiro atoms. The van der Waals surface area contributed by atoms with Gasteiger partial charge in [-0.25, -0.2) is 4.79 Å². The fraction of sp³-hybridized carbons (Fsp3) is 0.250. The molecule has 96 valence electrons. The topological polar surface area (TPSA) is 104 Å². The van der Waals surface area contributed by atoms with Crippen molar-refractivity contribution in [2.24, 2.45) is 0 Å². The van der Waals surface area contributed by atoms with E-state index < -0.39 is 17.8 Å². The number of aliphatic carboxylic acids is 1. The van der Waals surface area contributed by atoms with Crippen molar-refractivity contribution in [3.63, 3.8) is 0 Å². The van der Waals surface area contributed by atoms with E-state index in [9.17, 15) is 14.4 Å². The number of rotatable bonds is 5. The molecule has 0 unspecified atom stereocenters. The van der Waals surface area contributed by atoms with Crippen LogP contribution in [0.4, 0.5) is 5.69 Å². The largest absolute Gasteiger partial charge is 0.481 e. The van der Waals surface area contributed by atoms with Crippen LogP contribution in [-0.2, 0) is 9.59 Å². The van der Waals surface area contributed by atoms with Crippen LogP contribution in [0.25, 0.3) is 0 Å². The first-order valence-corrected chi connectivity index (χ1v) is 5.25. The molecule has 1 rings (SSSR count). The Morgan fingerprint density at radius 2 is 1.83 bits per heavy atom. The Morgan fingerprint density at radius 1 is 1.17 bits per heavy atom. The third kappa shape index (κ3) is 3.89. The number of carbonyl (C=O) groups is 3. The smallest absolute Gasteiger partial charge is 0.336 e. The molecule has 0 aliphatic rings. The molecule has 6 heteroatoms. The molecule has 0 radical (unpaired) electrons. The average molecular weight is 251 g/mol. The third-order valence-electron chi connectivity index (χ3n) is 2.32. The number of benzene rings is 1. The van der Waals surface area contributed by atoms with Crippen molar-refractivity contribution < 1.29 is 24.6 Å². The lowest BCUT2D eigenvalue weighted by atomic mass is 10.1. The van der Waals surface area contributed by atoms with Gasteiger partial charge in [-0.2, -0.15) is 0 Å². The number of aryl methyl sites for hydroxylation is 1. The van der Waals surface area contributed by atoms with Crippen molar-refractivity contribution in [2.45, 2.75) is 19.8 Å². The van der Waals surface area contributed by atoms with E-state index in [1.165, 1.54) is 6.07 Å². The number of nitrogens with one attached hydrogen (secondary N) is 1. The first-order chi connectivity index (χ1) is 8.40. The fourth-order valence-corrected chi connectivity index (χ4v) is 1.37. The van der Waals surface area contributed by atoms with Crippen molar-refractivity contribution in [3.8, 4) is 0 Å². The highest BCUT2D eigenvalue weighted by Gasteiger charge is 2.10. The lowest BCUT2D eigenvalue weighted by Crippen LogP contribution is -2.13. The molecule has 6 nitrogen and oxygen atoms in total. The Balaban J connectivity index is 2.73. The van der Waals surface area contributed by atoms with Crippen LogP contribution in [0.15, 0.2) is 18.2 Å². The number of hydrogen-bond donors (Lipinski definition) is 3. The maximum Gasteiger partial charge on any atom is 0.336 e. The number of carboxylic acid groups (broad SMARTS) is 2. The van der Waals surface area contributed by atoms with E-state index in [1.807, 2.05) is 0 Å². The second-order valence-corrected chi connectivity index (χ2v) is 3.78. The van der Waals surface area contributed by atoms with Crippen LogP contribution in [0.5, 0.6) is 0 Å². The predicted octanol–water partition coefficient (Wildman–Crippen LogP) is 1.50. The Hall–Kier alpha value is -2.37. The molecular weight excluding hydrogens is 238 g/mol. The van der Waals surface area contributed by atoms with E-state index >= 15 is 0 Å². The molecule has 0 aliphatic carbocycles. The van der Waals surface area contributed by atoms with Crippen LogP contribution < -0.4 is 5.32 Å². The van der Waals surface area contributed by atoms with Crippen LogP contribution in [0.3, 0.4) is 0 Å². The van der Waals surface area contributed by atoms with Crippen LogP contribution >= 0.6 is 0 Å². The van der Waals surface area contributed by atoms with Crippen molar-refractivity contribution in [3.05, 3.63) is 29.3 Å². The van der Waals surface area contributed by atoms with E-state index in [2.05, 4.69) is 5.32 Å². The number of carbonyl (C=O) groups excluding carboxylic acids is 1. The summed E-state index contributed by atoms with van der Waals surface area (Å²) < 4.78 is 0. The molecular formula is C12H13NO5. The molecule has 3 N–H and O–H groups in total. The zero-order valence-corrected chi connectivity index (χ0v) is 9.77. The van der Waals surface area contributed by atoms with Crippen molar-refractivity contribution >= 4 is 23.5 Å². The molecule has 0 aliphatic heterocycles. The SMILES string of the molecule is Cc1ccc(NC(=O)CCC(=O)O)cc1C(=O)O. The van der Waals surface area contributed by atoms with E-state index in [4.69, 9.17) is 10.2 Å². The van der Waals surface area contributed by atoms with Gasteiger partial charge in [-0.05, 0) is 24.6 Å². The number of carboxylic acids is 2. The molecule has 0 bridgehead atoms. The Morgan fingerprint density at radius 3 is 2.39 bits per heavy atom. The minimum Gasteiger partial charge on any atom is -0.481 e. The summed E-state index contributed by atoms with van der Waals surface area (Å²) in [5.41, 5.74) is 1.03. The van der Waals surface area contributed by atoms with Gasteiger partial charge in [0.25, 0.3) is 0 Å². The van der Waals surface area contributed by atoms with E-state index in [0.29, 0.717) is 11.3 Å². The Kier molecular flexibility index (Phi) is 4.42. The van der Waals surface area contributed by atoms with Crippen molar-refractivity contribution in [1.82, 2.24) is 0 Å². The van der Waals surface area contributed by atoms with Gasteiger partial charge in [-0.15, -0.1) is 0 Å². The van der Waals surface area contributed by atoms with Gasteiger partial charge < -0.3 is 15.5 Å². The molecule has 0 fully saturated rings. The molecule has 0 saturated heterocycles. The van der Waals surface area contributed by atoms with Gasteiger partial charge in [0.05, 0.1) is 12.0 Å². The summed E-state index contributed by atoms with van der Waals surface area (Å²) in [7, 11) is 0. The number of aromatic carboxylic acids is 1. The van der Waals surface area contributed by atoms with Gasteiger partial charge in [-0.3, -0.25) is 9.59 Å². The predicted molar refractivity (Wildman–Crippen MR) is 63.6 cm³/mol. The minimum atomic E-state index is -1.07. The number of amides is 1. The highest BCUT2D eigenvalue weighted by atomic mass is 16.4. The number of anilines is 1. The molecule has 1 amide bonds. The van der Waals surface area contributed by atoms with Gasteiger partial charge in [-0.1, -0.05) is 6.07 Å². The van der Waals surface area contributed by atoms with Gasteiger partial charge in [0.2, 0.25) is 5.91 Å². The summed E-state index contributed by atoms with van der Waals surface area (Å²) in [4.78, 5) is 32.5. The van der Waals surface area contributed by atoms with Gasteiger partial charge in [0.15, 0.2) is 0 Å². The zero-order chi connectivity index (χ0) is 13.7. The van der Waals surface area contributed by atoms with Crippen molar-refractivity contribution in [1.29, 1.82) is 0 Å². The average Bonchev–Trinajstić information content (AvgIpc) is 2.28. The Bertz CT molecular complexity index is 495. The van der Waals surface area contributed by atoms with Crippen LogP contribution in [0, 0.1) is 6.92 Å².